The topological polar surface area (TPSA) is 86.2 Å². The van der Waals surface area contributed by atoms with Crippen molar-refractivity contribution in [3.05, 3.63) is 58.6 Å². The van der Waals surface area contributed by atoms with Crippen molar-refractivity contribution in [3.8, 4) is 22.8 Å². The Morgan fingerprint density at radius 3 is 2.71 bits per heavy atom. The van der Waals surface area contributed by atoms with Crippen molar-refractivity contribution in [1.82, 2.24) is 15.0 Å². The van der Waals surface area contributed by atoms with E-state index < -0.39 is 11.7 Å². The second kappa shape index (κ2) is 8.44. The van der Waals surface area contributed by atoms with E-state index in [4.69, 9.17) is 21.1 Å². The fourth-order valence-electron chi connectivity index (χ4n) is 3.03. The third-order valence-electron chi connectivity index (χ3n) is 4.49. The Labute approximate surface area is 185 Å². The summed E-state index contributed by atoms with van der Waals surface area (Å²) in [6.07, 6.45) is 1.38. The number of nitrogens with zero attached hydrogens (tertiary/aromatic N) is 3. The van der Waals surface area contributed by atoms with E-state index in [1.165, 1.54) is 37.8 Å². The number of ether oxygens (including phenoxy) is 2. The molecule has 0 unspecified atom stereocenters. The first-order valence-corrected chi connectivity index (χ1v) is 10.2. The van der Waals surface area contributed by atoms with Crippen LogP contribution in [-0.4, -0.2) is 35.1 Å². The quantitative estimate of drug-likeness (QED) is 0.446. The van der Waals surface area contributed by atoms with E-state index >= 15 is 0 Å². The normalized spacial score (nSPS) is 10.9. The van der Waals surface area contributed by atoms with Gasteiger partial charge in [-0.3, -0.25) is 15.1 Å². The van der Waals surface area contributed by atoms with Gasteiger partial charge in [-0.2, -0.15) is 0 Å². The van der Waals surface area contributed by atoms with Crippen LogP contribution in [0.2, 0.25) is 5.02 Å². The van der Waals surface area contributed by atoms with Gasteiger partial charge in [0.25, 0.3) is 5.91 Å². The van der Waals surface area contributed by atoms with Crippen LogP contribution < -0.4 is 14.8 Å². The summed E-state index contributed by atoms with van der Waals surface area (Å²) in [5.41, 5.74) is 1.76. The Kier molecular flexibility index (Phi) is 5.71. The number of pyridine rings is 2. The summed E-state index contributed by atoms with van der Waals surface area (Å²) in [7, 11) is 2.94. The van der Waals surface area contributed by atoms with E-state index in [0.717, 1.165) is 0 Å². The van der Waals surface area contributed by atoms with Gasteiger partial charge in [0.2, 0.25) is 5.88 Å². The second-order valence-electron chi connectivity index (χ2n) is 6.46. The molecule has 31 heavy (non-hydrogen) atoms. The minimum atomic E-state index is -0.683. The first-order chi connectivity index (χ1) is 14.9. The third-order valence-corrected chi connectivity index (χ3v) is 5.66. The molecule has 4 aromatic rings. The van der Waals surface area contributed by atoms with Crippen LogP contribution in [-0.2, 0) is 0 Å². The van der Waals surface area contributed by atoms with Gasteiger partial charge >= 0.3 is 0 Å². The highest BCUT2D eigenvalue weighted by molar-refractivity contribution is 7.22. The summed E-state index contributed by atoms with van der Waals surface area (Å²) in [4.78, 5) is 26.6. The van der Waals surface area contributed by atoms with Crippen LogP contribution >= 0.6 is 22.9 Å². The molecule has 0 bridgehead atoms. The average Bonchev–Trinajstić information content (AvgIpc) is 3.16. The lowest BCUT2D eigenvalue weighted by Crippen LogP contribution is -2.14. The molecule has 3 aromatic heterocycles. The highest BCUT2D eigenvalue weighted by Crippen LogP contribution is 2.38. The highest BCUT2D eigenvalue weighted by atomic mass is 35.5. The number of aryl methyl sites for hydroxylation is 1. The average molecular weight is 459 g/mol. The molecule has 0 atom stereocenters. The molecule has 3 heterocycles. The molecule has 4 rings (SSSR count). The first kappa shape index (κ1) is 21.0. The number of carbonyl (C=O) groups excluding carboxylic acids is 1. The van der Waals surface area contributed by atoms with Crippen LogP contribution in [0.5, 0.6) is 11.6 Å². The Balaban J connectivity index is 1.76. The van der Waals surface area contributed by atoms with Gasteiger partial charge in [0, 0.05) is 23.5 Å². The molecule has 0 fully saturated rings. The smallest absolute Gasteiger partial charge is 0.259 e. The largest absolute Gasteiger partial charge is 0.496 e. The fraction of sp³-hybridized carbons (Fsp3) is 0.143. The van der Waals surface area contributed by atoms with Crippen LogP contribution in [0.4, 0.5) is 9.52 Å². The van der Waals surface area contributed by atoms with E-state index in [2.05, 4.69) is 20.3 Å². The monoisotopic (exact) mass is 458 g/mol. The van der Waals surface area contributed by atoms with Gasteiger partial charge in [0.1, 0.15) is 16.1 Å². The molecule has 1 aromatic carbocycles. The lowest BCUT2D eigenvalue weighted by molar-refractivity contribution is 0.102. The summed E-state index contributed by atoms with van der Waals surface area (Å²) in [5.74, 6) is -0.493. The van der Waals surface area contributed by atoms with E-state index in [1.807, 2.05) is 0 Å². The van der Waals surface area contributed by atoms with Gasteiger partial charge < -0.3 is 9.47 Å². The number of halogens is 2. The van der Waals surface area contributed by atoms with E-state index in [-0.39, 0.29) is 21.9 Å². The molecule has 0 aliphatic heterocycles. The van der Waals surface area contributed by atoms with Gasteiger partial charge in [0.15, 0.2) is 10.9 Å². The van der Waals surface area contributed by atoms with Crippen molar-refractivity contribution >= 4 is 44.3 Å². The molecule has 10 heteroatoms. The number of amides is 1. The molecule has 0 saturated carbocycles. The van der Waals surface area contributed by atoms with E-state index in [9.17, 15) is 9.18 Å². The molecule has 0 radical (unpaired) electrons. The number of benzene rings is 1. The summed E-state index contributed by atoms with van der Waals surface area (Å²) in [6, 6.07) is 7.99. The minimum Gasteiger partial charge on any atom is -0.496 e. The minimum absolute atomic E-state index is 0.0807. The fourth-order valence-corrected chi connectivity index (χ4v) is 4.02. The molecule has 158 valence electrons. The first-order valence-electron chi connectivity index (χ1n) is 9.03. The van der Waals surface area contributed by atoms with Crippen molar-refractivity contribution in [2.24, 2.45) is 0 Å². The van der Waals surface area contributed by atoms with Crippen molar-refractivity contribution in [3.63, 3.8) is 0 Å². The second-order valence-corrected chi connectivity index (χ2v) is 7.85. The third kappa shape index (κ3) is 4.01. The van der Waals surface area contributed by atoms with E-state index in [0.29, 0.717) is 32.6 Å². The molecule has 7 nitrogen and oxygen atoms in total. The van der Waals surface area contributed by atoms with Crippen LogP contribution in [0, 0.1) is 12.7 Å². The molecule has 0 aliphatic carbocycles. The number of aromatic nitrogens is 3. The lowest BCUT2D eigenvalue weighted by atomic mass is 9.98. The van der Waals surface area contributed by atoms with Gasteiger partial charge in [-0.05, 0) is 31.2 Å². The standard InChI is InChI=1S/C21H16ClFN4O3S/c1-10-8-11(17-15(29-2)6-4-13(22)18(17)23)12(9-24-10)19(28)27-21-25-14-5-7-16(30-3)26-20(14)31-21/h4-9H,1-3H3,(H,25,27,28). The highest BCUT2D eigenvalue weighted by Gasteiger charge is 2.23. The summed E-state index contributed by atoms with van der Waals surface area (Å²) in [5, 5.41) is 3.00. The summed E-state index contributed by atoms with van der Waals surface area (Å²) >= 11 is 7.19. The number of fused-ring (bicyclic) bond motifs is 1. The number of nitrogens with one attached hydrogen (secondary N) is 1. The predicted octanol–water partition coefficient (Wildman–Crippen LogP) is 5.12. The van der Waals surface area contributed by atoms with Gasteiger partial charge in [-0.1, -0.05) is 22.9 Å². The Morgan fingerprint density at radius 1 is 1.16 bits per heavy atom. The maximum absolute atomic E-state index is 15.0. The number of methoxy groups -OCH3 is 2. The Hall–Kier alpha value is -3.30. The number of carbonyl (C=O) groups is 1. The zero-order valence-corrected chi connectivity index (χ0v) is 18.3. The van der Waals surface area contributed by atoms with Crippen molar-refractivity contribution in [2.75, 3.05) is 19.5 Å². The van der Waals surface area contributed by atoms with E-state index in [1.54, 1.807) is 31.2 Å². The van der Waals surface area contributed by atoms with Crippen molar-refractivity contribution < 1.29 is 18.7 Å². The number of rotatable bonds is 5. The Bertz CT molecular complexity index is 1310. The number of hydrogen-bond donors (Lipinski definition) is 1. The van der Waals surface area contributed by atoms with Crippen LogP contribution in [0.25, 0.3) is 21.5 Å². The molecule has 1 amide bonds. The van der Waals surface area contributed by atoms with Crippen LogP contribution in [0.3, 0.4) is 0 Å². The van der Waals surface area contributed by atoms with Gasteiger partial charge in [-0.25, -0.2) is 14.4 Å². The number of hydrogen-bond acceptors (Lipinski definition) is 7. The van der Waals surface area contributed by atoms with Crippen molar-refractivity contribution in [2.45, 2.75) is 6.92 Å². The molecule has 0 aliphatic rings. The van der Waals surface area contributed by atoms with Crippen LogP contribution in [0.15, 0.2) is 36.5 Å². The SMILES string of the molecule is COc1ccc2nc(NC(=O)c3cnc(C)cc3-c3c(OC)ccc(Cl)c3F)sc2n1. The molecule has 0 saturated heterocycles. The zero-order valence-electron chi connectivity index (χ0n) is 16.7. The molecular formula is C21H16ClFN4O3S. The van der Waals surface area contributed by atoms with Crippen LogP contribution in [0.1, 0.15) is 16.1 Å². The Morgan fingerprint density at radius 2 is 1.97 bits per heavy atom. The van der Waals surface area contributed by atoms with Gasteiger partial charge in [0.05, 0.1) is 30.4 Å². The van der Waals surface area contributed by atoms with Gasteiger partial charge in [-0.15, -0.1) is 0 Å². The zero-order chi connectivity index (χ0) is 22.1. The maximum atomic E-state index is 15.0. The molecule has 1 N–H and O–H groups in total. The molecular weight excluding hydrogens is 443 g/mol. The number of thiazole rings is 1. The summed E-state index contributed by atoms with van der Waals surface area (Å²) < 4.78 is 25.4. The maximum Gasteiger partial charge on any atom is 0.259 e. The molecule has 0 spiro atoms. The predicted molar refractivity (Wildman–Crippen MR) is 118 cm³/mol. The number of anilines is 1. The summed E-state index contributed by atoms with van der Waals surface area (Å²) in [6.45, 7) is 1.74. The van der Waals surface area contributed by atoms with Crippen molar-refractivity contribution in [1.29, 1.82) is 0 Å². The lowest BCUT2D eigenvalue weighted by Gasteiger charge is -2.14.